The summed E-state index contributed by atoms with van der Waals surface area (Å²) in [7, 11) is -12.6. The number of aromatic hydroxyl groups is 1. The maximum absolute atomic E-state index is 14.2. The van der Waals surface area contributed by atoms with Crippen molar-refractivity contribution < 1.29 is 34.8 Å². The lowest BCUT2D eigenvalue weighted by atomic mass is 10.1. The van der Waals surface area contributed by atoms with E-state index in [9.17, 15) is 34.8 Å². The van der Waals surface area contributed by atoms with E-state index in [1.807, 2.05) is 0 Å². The number of nitrogens with one attached hydrogen (secondary N) is 1. The molecule has 0 aliphatic carbocycles. The van der Waals surface area contributed by atoms with Crippen molar-refractivity contribution in [2.45, 2.75) is 32.5 Å². The minimum absolute atomic E-state index is 0.270. The molecule has 3 rings (SSSR count). The number of phenolic OH excluding ortho intramolecular Hbond substituents is 1. The van der Waals surface area contributed by atoms with Crippen molar-refractivity contribution in [2.24, 2.45) is 0 Å². The summed E-state index contributed by atoms with van der Waals surface area (Å²) >= 11 is 0. The number of hydrogen-bond donors (Lipinski definition) is 2. The zero-order valence-electron chi connectivity index (χ0n) is 17.4. The second-order valence-corrected chi connectivity index (χ2v) is 12.8. The van der Waals surface area contributed by atoms with Crippen LogP contribution in [0.15, 0.2) is 86.3 Å². The molecule has 0 fully saturated rings. The molecule has 0 bridgehead atoms. The molecule has 0 heterocycles. The molecule has 176 valence electrons. The molecule has 0 saturated carbocycles. The topological polar surface area (TPSA) is 135 Å². The van der Waals surface area contributed by atoms with Crippen LogP contribution in [0.25, 0.3) is 0 Å². The lowest BCUT2D eigenvalue weighted by molar-refractivity contribution is 0.471. The Balaban J connectivity index is 2.11. The zero-order valence-corrected chi connectivity index (χ0v) is 19.9. The van der Waals surface area contributed by atoms with Crippen molar-refractivity contribution in [3.63, 3.8) is 0 Å². The summed E-state index contributed by atoms with van der Waals surface area (Å²) in [5.74, 6) is -1.58. The van der Waals surface area contributed by atoms with Gasteiger partial charge in [0.15, 0.2) is 0 Å². The van der Waals surface area contributed by atoms with E-state index in [1.54, 1.807) is 6.92 Å². The third kappa shape index (κ3) is 5.24. The van der Waals surface area contributed by atoms with E-state index in [1.165, 1.54) is 36.4 Å². The van der Waals surface area contributed by atoms with Crippen LogP contribution in [0.5, 0.6) is 5.75 Å². The Bertz CT molecular complexity index is 1520. The summed E-state index contributed by atoms with van der Waals surface area (Å²) in [5.41, 5.74) is 0.476. The van der Waals surface area contributed by atoms with E-state index in [0.29, 0.717) is 5.56 Å². The molecule has 1 atom stereocenters. The Labute approximate surface area is 191 Å². The average molecular weight is 514 g/mol. The molecule has 3 aromatic carbocycles. The average Bonchev–Trinajstić information content (AvgIpc) is 2.72. The third-order valence-electron chi connectivity index (χ3n) is 4.71. The van der Waals surface area contributed by atoms with Crippen molar-refractivity contribution in [1.82, 2.24) is 4.72 Å². The normalized spacial score (nSPS) is 13.5. The zero-order chi connectivity index (χ0) is 24.6. The minimum Gasteiger partial charge on any atom is -0.508 e. The Morgan fingerprint density at radius 3 is 1.97 bits per heavy atom. The lowest BCUT2D eigenvalue weighted by Crippen LogP contribution is -2.25. The van der Waals surface area contributed by atoms with Gasteiger partial charge in [0.25, 0.3) is 0 Å². The molecule has 3 aromatic rings. The third-order valence-corrected chi connectivity index (χ3v) is 9.28. The number of rotatable bonds is 7. The first-order valence-electron chi connectivity index (χ1n) is 9.38. The van der Waals surface area contributed by atoms with Crippen molar-refractivity contribution in [1.29, 1.82) is 0 Å². The van der Waals surface area contributed by atoms with Gasteiger partial charge in [-0.3, -0.25) is 0 Å². The van der Waals surface area contributed by atoms with Gasteiger partial charge in [-0.05, 0) is 48.9 Å². The van der Waals surface area contributed by atoms with Crippen LogP contribution in [0.2, 0.25) is 0 Å². The highest BCUT2D eigenvalue weighted by Crippen LogP contribution is 2.34. The molecule has 0 saturated heterocycles. The predicted molar refractivity (Wildman–Crippen MR) is 118 cm³/mol. The van der Waals surface area contributed by atoms with Crippen LogP contribution in [0.3, 0.4) is 0 Å². The Hall–Kier alpha value is -2.80. The van der Waals surface area contributed by atoms with Crippen molar-refractivity contribution in [3.05, 3.63) is 78.1 Å². The molecule has 0 spiro atoms. The van der Waals surface area contributed by atoms with E-state index in [-0.39, 0.29) is 4.90 Å². The van der Waals surface area contributed by atoms with E-state index < -0.39 is 62.0 Å². The molecule has 0 unspecified atom stereocenters. The van der Waals surface area contributed by atoms with Crippen molar-refractivity contribution >= 4 is 29.7 Å². The fourth-order valence-electron chi connectivity index (χ4n) is 3.16. The number of sulfonamides is 1. The van der Waals surface area contributed by atoms with Gasteiger partial charge >= 0.3 is 0 Å². The van der Waals surface area contributed by atoms with Gasteiger partial charge in [0.05, 0.1) is 20.9 Å². The largest absolute Gasteiger partial charge is 0.508 e. The lowest BCUT2D eigenvalue weighted by Gasteiger charge is -2.15. The van der Waals surface area contributed by atoms with Crippen LogP contribution in [0.4, 0.5) is 4.39 Å². The monoisotopic (exact) mass is 513 g/mol. The highest BCUT2D eigenvalue weighted by Gasteiger charge is 2.31. The molecule has 8 nitrogen and oxygen atoms in total. The van der Waals surface area contributed by atoms with Crippen LogP contribution in [-0.4, -0.2) is 36.6 Å². The predicted octanol–water partition coefficient (Wildman–Crippen LogP) is 2.81. The van der Waals surface area contributed by atoms with Gasteiger partial charge < -0.3 is 5.11 Å². The van der Waals surface area contributed by atoms with Crippen molar-refractivity contribution in [3.8, 4) is 5.75 Å². The van der Waals surface area contributed by atoms with Gasteiger partial charge in [-0.1, -0.05) is 24.3 Å². The van der Waals surface area contributed by atoms with Gasteiger partial charge in [-0.25, -0.2) is 34.4 Å². The fraction of sp³-hybridized carbons (Fsp3) is 0.143. The van der Waals surface area contributed by atoms with Gasteiger partial charge in [-0.2, -0.15) is 0 Å². The molecular weight excluding hydrogens is 493 g/mol. The fourth-order valence-corrected chi connectivity index (χ4v) is 7.35. The number of benzene rings is 3. The number of hydrogen-bond acceptors (Lipinski definition) is 7. The Morgan fingerprint density at radius 1 is 0.788 bits per heavy atom. The van der Waals surface area contributed by atoms with Crippen LogP contribution in [0.1, 0.15) is 18.5 Å². The first kappa shape index (κ1) is 24.8. The van der Waals surface area contributed by atoms with E-state index in [4.69, 9.17) is 0 Å². The Kier molecular flexibility index (Phi) is 6.67. The summed E-state index contributed by atoms with van der Waals surface area (Å²) in [6, 6.07) is 11.7. The SMILES string of the molecule is C[C@H](NS(C)(=O)=O)c1ccc(S(=O)(=O)c2ccc(O)cc2S(=O)(=O)c2ccccc2F)cc1. The van der Waals surface area contributed by atoms with Gasteiger partial charge in [-0.15, -0.1) is 0 Å². The molecular formula is C21H20FNO7S3. The molecule has 2 N–H and O–H groups in total. The second kappa shape index (κ2) is 8.86. The highest BCUT2D eigenvalue weighted by atomic mass is 32.2. The summed E-state index contributed by atoms with van der Waals surface area (Å²) in [6.45, 7) is 1.57. The van der Waals surface area contributed by atoms with E-state index >= 15 is 0 Å². The molecule has 33 heavy (non-hydrogen) atoms. The summed E-state index contributed by atoms with van der Waals surface area (Å²) in [5, 5.41) is 9.83. The first-order valence-corrected chi connectivity index (χ1v) is 14.2. The van der Waals surface area contributed by atoms with Gasteiger partial charge in [0, 0.05) is 12.1 Å². The molecule has 0 aliphatic rings. The van der Waals surface area contributed by atoms with Gasteiger partial charge in [0.1, 0.15) is 16.5 Å². The number of halogens is 1. The van der Waals surface area contributed by atoms with Crippen LogP contribution in [-0.2, 0) is 29.7 Å². The minimum atomic E-state index is -4.65. The smallest absolute Gasteiger partial charge is 0.210 e. The highest BCUT2D eigenvalue weighted by molar-refractivity contribution is 7.94. The molecule has 0 aliphatic heterocycles. The standard InChI is InChI=1S/C21H20FNO7S3/c1-14(23-31(2,25)26)15-7-10-17(11-8-15)32(27,28)20-12-9-16(24)13-21(20)33(29,30)19-6-4-3-5-18(19)22/h3-14,23-24H,1-2H3/t14-/m0/s1. The van der Waals surface area contributed by atoms with Crippen LogP contribution >= 0.6 is 0 Å². The van der Waals surface area contributed by atoms with E-state index in [2.05, 4.69) is 4.72 Å². The maximum Gasteiger partial charge on any atom is 0.210 e. The summed E-state index contributed by atoms with van der Waals surface area (Å²) in [4.78, 5) is -2.42. The molecule has 12 heteroatoms. The summed E-state index contributed by atoms with van der Waals surface area (Å²) in [6.07, 6.45) is 0.991. The second-order valence-electron chi connectivity index (χ2n) is 7.25. The van der Waals surface area contributed by atoms with E-state index in [0.717, 1.165) is 36.6 Å². The summed E-state index contributed by atoms with van der Waals surface area (Å²) < 4.78 is 92.2. The van der Waals surface area contributed by atoms with Crippen LogP contribution in [0, 0.1) is 5.82 Å². The van der Waals surface area contributed by atoms with Crippen LogP contribution < -0.4 is 4.72 Å². The number of sulfone groups is 2. The van der Waals surface area contributed by atoms with Crippen molar-refractivity contribution in [2.75, 3.05) is 6.26 Å². The Morgan fingerprint density at radius 2 is 1.39 bits per heavy atom. The maximum atomic E-state index is 14.2. The quantitative estimate of drug-likeness (QED) is 0.496. The molecule has 0 radical (unpaired) electrons. The van der Waals surface area contributed by atoms with Gasteiger partial charge in [0.2, 0.25) is 29.7 Å². The first-order chi connectivity index (χ1) is 15.2. The molecule has 0 amide bonds. The molecule has 0 aromatic heterocycles. The number of phenols is 1.